The molecule has 0 saturated heterocycles. The molecule has 3 aromatic carbocycles. The van der Waals surface area contributed by atoms with E-state index in [1.165, 1.54) is 0 Å². The normalized spacial score (nSPS) is 15.4. The number of nitrogens with zero attached hydrogens (tertiary/aromatic N) is 2. The molecule has 0 spiro atoms. The maximum Gasteiger partial charge on any atom is 0.344 e. The smallest absolute Gasteiger partial charge is 0.344 e. The third kappa shape index (κ3) is 5.72. The predicted molar refractivity (Wildman–Crippen MR) is 162 cm³/mol. The first kappa shape index (κ1) is 27.8. The standard InChI is InChI=1S/C31H24Cl2N2O4S/c1-3-39-31(38)27-28(36)26(40-30(27)34-29(37)20-11-8-18(2)9-12-20)15-21-17-35(25-7-5-4-6-22(21)25)16-19-10-13-23(32)24(33)14-19/h4-15,17,36H,3,16H2,1-2H3/b26-15-,34-30?. The number of carbonyl (C=O) groups excluding carboxylic acids is 2. The summed E-state index contributed by atoms with van der Waals surface area (Å²) in [5.74, 6) is -1.54. The Balaban J connectivity index is 1.54. The van der Waals surface area contributed by atoms with Gasteiger partial charge in [-0.2, -0.15) is 0 Å². The summed E-state index contributed by atoms with van der Waals surface area (Å²) < 4.78 is 7.25. The summed E-state index contributed by atoms with van der Waals surface area (Å²) in [6.07, 6.45) is 3.75. The van der Waals surface area contributed by atoms with Crippen LogP contribution in [0.5, 0.6) is 0 Å². The lowest BCUT2D eigenvalue weighted by molar-refractivity contribution is -0.138. The van der Waals surface area contributed by atoms with Crippen LogP contribution in [0, 0.1) is 6.92 Å². The van der Waals surface area contributed by atoms with E-state index in [1.54, 1.807) is 31.2 Å². The summed E-state index contributed by atoms with van der Waals surface area (Å²) in [5.41, 5.74) is 4.02. The molecule has 2 heterocycles. The number of amides is 1. The van der Waals surface area contributed by atoms with Crippen LogP contribution in [0.4, 0.5) is 0 Å². The monoisotopic (exact) mass is 590 g/mol. The first-order valence-electron chi connectivity index (χ1n) is 12.5. The number of halogens is 2. The van der Waals surface area contributed by atoms with Crippen molar-refractivity contribution < 1.29 is 19.4 Å². The molecule has 5 rings (SSSR count). The van der Waals surface area contributed by atoms with Crippen LogP contribution in [0.2, 0.25) is 10.0 Å². The van der Waals surface area contributed by atoms with Gasteiger partial charge in [0.05, 0.1) is 21.6 Å². The minimum absolute atomic E-state index is 0.0901. The minimum Gasteiger partial charge on any atom is -0.506 e. The van der Waals surface area contributed by atoms with Gasteiger partial charge in [0.1, 0.15) is 16.4 Å². The number of fused-ring (bicyclic) bond motifs is 1. The Bertz CT molecular complexity index is 1740. The zero-order chi connectivity index (χ0) is 28.4. The highest BCUT2D eigenvalue weighted by Crippen LogP contribution is 2.40. The fourth-order valence-corrected chi connectivity index (χ4v) is 5.67. The molecule has 9 heteroatoms. The van der Waals surface area contributed by atoms with Crippen LogP contribution in [0.3, 0.4) is 0 Å². The maximum absolute atomic E-state index is 12.9. The summed E-state index contributed by atoms with van der Waals surface area (Å²) in [7, 11) is 0. The molecule has 40 heavy (non-hydrogen) atoms. The largest absolute Gasteiger partial charge is 0.506 e. The molecule has 1 amide bonds. The molecule has 6 nitrogen and oxygen atoms in total. The molecule has 0 unspecified atom stereocenters. The lowest BCUT2D eigenvalue weighted by atomic mass is 10.1. The molecule has 202 valence electrons. The van der Waals surface area contributed by atoms with Gasteiger partial charge in [-0.3, -0.25) is 4.79 Å². The van der Waals surface area contributed by atoms with Gasteiger partial charge in [-0.15, -0.1) is 0 Å². The average Bonchev–Trinajstić information content (AvgIpc) is 3.43. The molecular formula is C31H24Cl2N2O4S. The van der Waals surface area contributed by atoms with Gasteiger partial charge in [0.2, 0.25) is 0 Å². The van der Waals surface area contributed by atoms with Crippen molar-refractivity contribution in [1.29, 1.82) is 0 Å². The number of thioether (sulfide) groups is 1. The molecular weight excluding hydrogens is 567 g/mol. The molecule has 1 N–H and O–H groups in total. The number of hydrogen-bond acceptors (Lipinski definition) is 5. The van der Waals surface area contributed by atoms with E-state index in [0.717, 1.165) is 39.4 Å². The van der Waals surface area contributed by atoms with Crippen LogP contribution in [0.15, 0.2) is 94.2 Å². The third-order valence-electron chi connectivity index (χ3n) is 6.31. The Hall–Kier alpha value is -3.78. The van der Waals surface area contributed by atoms with Crippen molar-refractivity contribution in [2.75, 3.05) is 6.61 Å². The number of esters is 1. The van der Waals surface area contributed by atoms with Gasteiger partial charge in [0.15, 0.2) is 0 Å². The number of aryl methyl sites for hydroxylation is 1. The van der Waals surface area contributed by atoms with Gasteiger partial charge >= 0.3 is 5.97 Å². The van der Waals surface area contributed by atoms with E-state index in [9.17, 15) is 14.7 Å². The lowest BCUT2D eigenvalue weighted by Gasteiger charge is -2.06. The van der Waals surface area contributed by atoms with Crippen molar-refractivity contribution in [2.45, 2.75) is 20.4 Å². The Morgan fingerprint density at radius 2 is 1.80 bits per heavy atom. The highest BCUT2D eigenvalue weighted by Gasteiger charge is 2.34. The molecule has 1 aliphatic rings. The number of aliphatic hydroxyl groups is 1. The molecule has 0 aliphatic carbocycles. The molecule has 0 saturated carbocycles. The zero-order valence-corrected chi connectivity index (χ0v) is 24.0. The maximum atomic E-state index is 12.9. The van der Waals surface area contributed by atoms with Crippen molar-refractivity contribution in [3.05, 3.63) is 121 Å². The summed E-state index contributed by atoms with van der Waals surface area (Å²) in [5, 5.41) is 13.1. The zero-order valence-electron chi connectivity index (χ0n) is 21.7. The van der Waals surface area contributed by atoms with Gasteiger partial charge in [-0.25, -0.2) is 9.79 Å². The lowest BCUT2D eigenvalue weighted by Crippen LogP contribution is -2.14. The van der Waals surface area contributed by atoms with E-state index in [4.69, 9.17) is 27.9 Å². The highest BCUT2D eigenvalue weighted by molar-refractivity contribution is 8.18. The number of hydrogen-bond donors (Lipinski definition) is 1. The summed E-state index contributed by atoms with van der Waals surface area (Å²) in [4.78, 5) is 30.3. The van der Waals surface area contributed by atoms with Gasteiger partial charge in [-0.05, 0) is 55.8 Å². The van der Waals surface area contributed by atoms with Crippen LogP contribution < -0.4 is 0 Å². The van der Waals surface area contributed by atoms with Gasteiger partial charge in [0, 0.05) is 34.8 Å². The Morgan fingerprint density at radius 3 is 2.52 bits per heavy atom. The van der Waals surface area contributed by atoms with Crippen molar-refractivity contribution in [3.63, 3.8) is 0 Å². The average molecular weight is 592 g/mol. The van der Waals surface area contributed by atoms with E-state index in [0.29, 0.717) is 27.1 Å². The summed E-state index contributed by atoms with van der Waals surface area (Å²) >= 11 is 13.4. The second kappa shape index (κ2) is 11.8. The van der Waals surface area contributed by atoms with Crippen LogP contribution in [-0.2, 0) is 16.1 Å². The molecule has 0 bridgehead atoms. The second-order valence-corrected chi connectivity index (χ2v) is 11.0. The first-order chi connectivity index (χ1) is 19.2. The Kier molecular flexibility index (Phi) is 8.17. The topological polar surface area (TPSA) is 80.9 Å². The van der Waals surface area contributed by atoms with E-state index < -0.39 is 11.9 Å². The van der Waals surface area contributed by atoms with E-state index in [2.05, 4.69) is 9.56 Å². The third-order valence-corrected chi connectivity index (χ3v) is 8.07. The number of para-hydroxylation sites is 1. The van der Waals surface area contributed by atoms with Gasteiger partial charge < -0.3 is 14.4 Å². The SMILES string of the molecule is CCOC(=O)C1=C(O)/C(=C/c2cn(Cc3ccc(Cl)c(Cl)c3)c3ccccc23)SC1=NC(=O)c1ccc(C)cc1. The number of aliphatic imine (C=N–C) groups is 1. The van der Waals surface area contributed by atoms with Gasteiger partial charge in [0.25, 0.3) is 5.91 Å². The number of ether oxygens (including phenoxy) is 1. The van der Waals surface area contributed by atoms with Crippen molar-refractivity contribution >= 4 is 68.9 Å². The van der Waals surface area contributed by atoms with Crippen LogP contribution in [-0.4, -0.2) is 33.2 Å². The first-order valence-corrected chi connectivity index (χ1v) is 14.0. The summed E-state index contributed by atoms with van der Waals surface area (Å²) in [6, 6.07) is 20.4. The van der Waals surface area contributed by atoms with Crippen molar-refractivity contribution in [2.24, 2.45) is 4.99 Å². The molecule has 1 aliphatic heterocycles. The van der Waals surface area contributed by atoms with Crippen LogP contribution >= 0.6 is 35.0 Å². The molecule has 1 aromatic heterocycles. The number of benzene rings is 3. The van der Waals surface area contributed by atoms with E-state index in [1.807, 2.05) is 61.7 Å². The minimum atomic E-state index is -0.742. The number of rotatable bonds is 6. The van der Waals surface area contributed by atoms with Crippen LogP contribution in [0.25, 0.3) is 17.0 Å². The molecule has 4 aromatic rings. The quantitative estimate of drug-likeness (QED) is 0.230. The predicted octanol–water partition coefficient (Wildman–Crippen LogP) is 8.01. The molecule has 0 radical (unpaired) electrons. The molecule has 0 fully saturated rings. The fraction of sp³-hybridized carbons (Fsp3) is 0.129. The van der Waals surface area contributed by atoms with Crippen molar-refractivity contribution in [1.82, 2.24) is 4.57 Å². The van der Waals surface area contributed by atoms with Gasteiger partial charge in [-0.1, -0.05) is 76.9 Å². The fourth-order valence-electron chi connectivity index (χ4n) is 4.34. The number of carbonyl (C=O) groups is 2. The van der Waals surface area contributed by atoms with Crippen LogP contribution in [0.1, 0.15) is 34.0 Å². The van der Waals surface area contributed by atoms with E-state index in [-0.39, 0.29) is 23.0 Å². The number of aliphatic hydroxyl groups excluding tert-OH is 1. The number of aromatic nitrogens is 1. The molecule has 0 atom stereocenters. The van der Waals surface area contributed by atoms with Crippen molar-refractivity contribution in [3.8, 4) is 0 Å². The summed E-state index contributed by atoms with van der Waals surface area (Å²) in [6.45, 7) is 4.25. The van der Waals surface area contributed by atoms with E-state index >= 15 is 0 Å². The second-order valence-electron chi connectivity index (χ2n) is 9.12. The Labute approximate surface area is 245 Å². The Morgan fingerprint density at radius 1 is 1.05 bits per heavy atom. The highest BCUT2D eigenvalue weighted by atomic mass is 35.5.